The molecule has 0 radical (unpaired) electrons. The van der Waals surface area contributed by atoms with Gasteiger partial charge in [-0.15, -0.1) is 0 Å². The summed E-state index contributed by atoms with van der Waals surface area (Å²) in [5, 5.41) is 12.5. The van der Waals surface area contributed by atoms with Crippen LogP contribution in [0, 0.1) is 13.8 Å². The van der Waals surface area contributed by atoms with Crippen LogP contribution in [0.4, 0.5) is 0 Å². The largest absolute Gasteiger partial charge is 0.476 e. The van der Waals surface area contributed by atoms with Gasteiger partial charge in [-0.05, 0) is 25.0 Å². The Bertz CT molecular complexity index is 410. The van der Waals surface area contributed by atoms with E-state index in [1.807, 2.05) is 19.9 Å². The first-order valence-corrected chi connectivity index (χ1v) is 4.49. The lowest BCUT2D eigenvalue weighted by atomic mass is 10.00. The Morgan fingerprint density at radius 1 is 1.40 bits per heavy atom. The molecule has 0 saturated heterocycles. The minimum atomic E-state index is -1.09. The van der Waals surface area contributed by atoms with Gasteiger partial charge in [-0.1, -0.05) is 23.4 Å². The summed E-state index contributed by atoms with van der Waals surface area (Å²) >= 11 is 0. The summed E-state index contributed by atoms with van der Waals surface area (Å²) in [4.78, 5) is 15.5. The summed E-state index contributed by atoms with van der Waals surface area (Å²) in [6.45, 7) is 3.78. The average molecular weight is 207 g/mol. The van der Waals surface area contributed by atoms with Crippen molar-refractivity contribution in [1.82, 2.24) is 0 Å². The number of benzene rings is 1. The van der Waals surface area contributed by atoms with E-state index in [1.165, 1.54) is 7.11 Å². The van der Waals surface area contributed by atoms with E-state index in [4.69, 9.17) is 5.11 Å². The van der Waals surface area contributed by atoms with Crippen LogP contribution >= 0.6 is 0 Å². The van der Waals surface area contributed by atoms with Gasteiger partial charge in [0.05, 0.1) is 0 Å². The Kier molecular flexibility index (Phi) is 3.44. The normalized spacial score (nSPS) is 11.3. The van der Waals surface area contributed by atoms with Crippen LogP contribution in [0.1, 0.15) is 16.7 Å². The maximum Gasteiger partial charge on any atom is 0.358 e. The molecule has 0 saturated carbocycles. The first-order valence-electron chi connectivity index (χ1n) is 4.49. The van der Waals surface area contributed by atoms with Crippen molar-refractivity contribution >= 4 is 11.7 Å². The Labute approximate surface area is 88.2 Å². The maximum atomic E-state index is 10.9. The van der Waals surface area contributed by atoms with Crippen LogP contribution in [0.25, 0.3) is 0 Å². The van der Waals surface area contributed by atoms with Gasteiger partial charge in [0, 0.05) is 5.56 Å². The standard InChI is InChI=1S/C11H13NO3/c1-7-5-4-6-9(8(7)2)10(11(13)14)12-15-3/h4-6H,1-3H3,(H,13,14)/b12-10+. The molecule has 0 spiro atoms. The second-order valence-electron chi connectivity index (χ2n) is 3.18. The zero-order valence-electron chi connectivity index (χ0n) is 8.94. The third-order valence-electron chi connectivity index (χ3n) is 2.24. The molecule has 0 amide bonds. The monoisotopic (exact) mass is 207 g/mol. The van der Waals surface area contributed by atoms with Crippen LogP contribution in [0.3, 0.4) is 0 Å². The fourth-order valence-corrected chi connectivity index (χ4v) is 1.30. The number of hydrogen-bond acceptors (Lipinski definition) is 3. The summed E-state index contributed by atoms with van der Waals surface area (Å²) in [7, 11) is 1.33. The summed E-state index contributed by atoms with van der Waals surface area (Å²) < 4.78 is 0. The van der Waals surface area contributed by atoms with Crippen molar-refractivity contribution in [3.63, 3.8) is 0 Å². The minimum Gasteiger partial charge on any atom is -0.476 e. The highest BCUT2D eigenvalue weighted by molar-refractivity contribution is 6.42. The molecule has 1 N–H and O–H groups in total. The predicted octanol–water partition coefficient (Wildman–Crippen LogP) is 1.74. The van der Waals surface area contributed by atoms with E-state index in [-0.39, 0.29) is 5.71 Å². The molecule has 0 aliphatic carbocycles. The molecule has 0 heterocycles. The van der Waals surface area contributed by atoms with Crippen molar-refractivity contribution in [2.45, 2.75) is 13.8 Å². The molecule has 0 fully saturated rings. The van der Waals surface area contributed by atoms with E-state index in [0.717, 1.165) is 11.1 Å². The molecule has 0 atom stereocenters. The minimum absolute atomic E-state index is 0.0706. The molecule has 1 rings (SSSR count). The number of oxime groups is 1. The van der Waals surface area contributed by atoms with E-state index in [1.54, 1.807) is 12.1 Å². The molecular weight excluding hydrogens is 194 g/mol. The predicted molar refractivity (Wildman–Crippen MR) is 57.1 cm³/mol. The third-order valence-corrected chi connectivity index (χ3v) is 2.24. The molecule has 0 aliphatic heterocycles. The zero-order valence-corrected chi connectivity index (χ0v) is 8.94. The summed E-state index contributed by atoms with van der Waals surface area (Å²) in [5.74, 6) is -1.09. The van der Waals surface area contributed by atoms with Gasteiger partial charge in [0.25, 0.3) is 0 Å². The average Bonchev–Trinajstić information content (AvgIpc) is 2.19. The van der Waals surface area contributed by atoms with Gasteiger partial charge < -0.3 is 9.94 Å². The van der Waals surface area contributed by atoms with E-state index in [2.05, 4.69) is 9.99 Å². The highest BCUT2D eigenvalue weighted by Gasteiger charge is 2.16. The van der Waals surface area contributed by atoms with Crippen LogP contribution in [-0.2, 0) is 9.63 Å². The fourth-order valence-electron chi connectivity index (χ4n) is 1.30. The van der Waals surface area contributed by atoms with E-state index in [0.29, 0.717) is 5.56 Å². The lowest BCUT2D eigenvalue weighted by Crippen LogP contribution is -2.16. The van der Waals surface area contributed by atoms with Crippen LogP contribution in [0.5, 0.6) is 0 Å². The number of carbonyl (C=O) groups is 1. The molecule has 0 unspecified atom stereocenters. The van der Waals surface area contributed by atoms with Gasteiger partial charge in [0.15, 0.2) is 5.71 Å². The first kappa shape index (κ1) is 11.2. The van der Waals surface area contributed by atoms with Gasteiger partial charge in [0.1, 0.15) is 7.11 Å². The zero-order chi connectivity index (χ0) is 11.4. The van der Waals surface area contributed by atoms with Gasteiger partial charge in [-0.25, -0.2) is 4.79 Å². The number of carboxylic acid groups (broad SMARTS) is 1. The number of carboxylic acids is 1. The van der Waals surface area contributed by atoms with Crippen LogP contribution in [0.15, 0.2) is 23.4 Å². The van der Waals surface area contributed by atoms with Crippen LogP contribution in [0.2, 0.25) is 0 Å². The molecule has 4 heteroatoms. The third kappa shape index (κ3) is 2.34. The lowest BCUT2D eigenvalue weighted by Gasteiger charge is -2.07. The van der Waals surface area contributed by atoms with Gasteiger partial charge >= 0.3 is 5.97 Å². The lowest BCUT2D eigenvalue weighted by molar-refractivity contribution is -0.129. The molecule has 80 valence electrons. The number of nitrogens with zero attached hydrogens (tertiary/aromatic N) is 1. The quantitative estimate of drug-likeness (QED) is 0.606. The molecule has 0 aromatic heterocycles. The van der Waals surface area contributed by atoms with Gasteiger partial charge in [0.2, 0.25) is 0 Å². The highest BCUT2D eigenvalue weighted by atomic mass is 16.6. The molecule has 1 aromatic carbocycles. The van der Waals surface area contributed by atoms with E-state index < -0.39 is 5.97 Å². The van der Waals surface area contributed by atoms with Gasteiger partial charge in [-0.2, -0.15) is 0 Å². The van der Waals surface area contributed by atoms with Crippen LogP contribution in [-0.4, -0.2) is 23.9 Å². The van der Waals surface area contributed by atoms with Crippen molar-refractivity contribution in [3.05, 3.63) is 34.9 Å². The summed E-state index contributed by atoms with van der Waals surface area (Å²) in [5.41, 5.74) is 2.44. The summed E-state index contributed by atoms with van der Waals surface area (Å²) in [6, 6.07) is 5.44. The number of aryl methyl sites for hydroxylation is 1. The SMILES string of the molecule is CO/N=C(/C(=O)O)c1cccc(C)c1C. The maximum absolute atomic E-state index is 10.9. The van der Waals surface area contributed by atoms with Crippen LogP contribution < -0.4 is 0 Å². The van der Waals surface area contributed by atoms with Crippen molar-refractivity contribution in [3.8, 4) is 0 Å². The van der Waals surface area contributed by atoms with E-state index in [9.17, 15) is 4.79 Å². The highest BCUT2D eigenvalue weighted by Crippen LogP contribution is 2.14. The second-order valence-corrected chi connectivity index (χ2v) is 3.18. The second kappa shape index (κ2) is 4.59. The Hall–Kier alpha value is -1.84. The molecular formula is C11H13NO3. The van der Waals surface area contributed by atoms with Crippen molar-refractivity contribution in [2.75, 3.05) is 7.11 Å². The molecule has 1 aromatic rings. The molecule has 0 aliphatic rings. The Morgan fingerprint density at radius 2 is 2.07 bits per heavy atom. The molecule has 0 bridgehead atoms. The number of hydrogen-bond donors (Lipinski definition) is 1. The fraction of sp³-hybridized carbons (Fsp3) is 0.273. The smallest absolute Gasteiger partial charge is 0.358 e. The topological polar surface area (TPSA) is 58.9 Å². The molecule has 15 heavy (non-hydrogen) atoms. The van der Waals surface area contributed by atoms with Crippen molar-refractivity contribution < 1.29 is 14.7 Å². The summed E-state index contributed by atoms with van der Waals surface area (Å²) in [6.07, 6.45) is 0. The Balaban J connectivity index is 3.30. The first-order chi connectivity index (χ1) is 7.07. The van der Waals surface area contributed by atoms with Crippen molar-refractivity contribution in [2.24, 2.45) is 5.16 Å². The van der Waals surface area contributed by atoms with E-state index >= 15 is 0 Å². The number of aliphatic carboxylic acids is 1. The number of rotatable bonds is 3. The van der Waals surface area contributed by atoms with Gasteiger partial charge in [-0.3, -0.25) is 0 Å². The Morgan fingerprint density at radius 3 is 2.60 bits per heavy atom. The molecule has 4 nitrogen and oxygen atoms in total. The van der Waals surface area contributed by atoms with Crippen molar-refractivity contribution in [1.29, 1.82) is 0 Å².